The summed E-state index contributed by atoms with van der Waals surface area (Å²) in [5.74, 6) is -0.251. The number of hydrogen-bond donors (Lipinski definition) is 1. The summed E-state index contributed by atoms with van der Waals surface area (Å²) in [7, 11) is 0. The monoisotopic (exact) mass is 400 g/mol. The van der Waals surface area contributed by atoms with Crippen LogP contribution in [0.3, 0.4) is 0 Å². The maximum absolute atomic E-state index is 14.2. The number of rotatable bonds is 10. The van der Waals surface area contributed by atoms with Gasteiger partial charge in [0.15, 0.2) is 0 Å². The molecule has 156 valence electrons. The second-order valence-corrected chi connectivity index (χ2v) is 7.66. The Morgan fingerprint density at radius 3 is 2.62 bits per heavy atom. The molecule has 0 bridgehead atoms. The predicted molar refractivity (Wildman–Crippen MR) is 111 cm³/mol. The maximum Gasteiger partial charge on any atom is 0.145 e. The van der Waals surface area contributed by atoms with Crippen LogP contribution in [0.1, 0.15) is 31.4 Å². The molecule has 2 aromatic rings. The number of aliphatic hydroxyl groups excluding tert-OH is 1. The number of halogens is 1. The van der Waals surface area contributed by atoms with Gasteiger partial charge in [0.2, 0.25) is 0 Å². The topological polar surface area (TPSA) is 54.3 Å². The Balaban J connectivity index is 1.62. The van der Waals surface area contributed by atoms with Gasteiger partial charge in [-0.1, -0.05) is 53.7 Å². The van der Waals surface area contributed by atoms with E-state index in [2.05, 4.69) is 5.16 Å². The van der Waals surface area contributed by atoms with E-state index in [1.165, 1.54) is 6.07 Å². The van der Waals surface area contributed by atoms with E-state index < -0.39 is 6.10 Å². The van der Waals surface area contributed by atoms with Crippen LogP contribution < -0.4 is 0 Å². The van der Waals surface area contributed by atoms with Gasteiger partial charge < -0.3 is 14.7 Å². The highest BCUT2D eigenvalue weighted by Crippen LogP contribution is 2.19. The largest absolute Gasteiger partial charge is 0.390 e. The van der Waals surface area contributed by atoms with Crippen LogP contribution in [0, 0.1) is 5.82 Å². The molecule has 0 fully saturated rings. The van der Waals surface area contributed by atoms with Gasteiger partial charge in [-0.05, 0) is 25.5 Å². The van der Waals surface area contributed by atoms with Crippen molar-refractivity contribution in [3.8, 4) is 0 Å². The van der Waals surface area contributed by atoms with Gasteiger partial charge in [-0.25, -0.2) is 4.39 Å². The highest BCUT2D eigenvalue weighted by atomic mass is 19.1. The summed E-state index contributed by atoms with van der Waals surface area (Å²) >= 11 is 0. The van der Waals surface area contributed by atoms with Crippen molar-refractivity contribution in [2.75, 3.05) is 19.7 Å². The second-order valence-electron chi connectivity index (χ2n) is 7.66. The van der Waals surface area contributed by atoms with Gasteiger partial charge in [-0.15, -0.1) is 0 Å². The maximum atomic E-state index is 14.2. The van der Waals surface area contributed by atoms with E-state index in [4.69, 9.17) is 9.57 Å². The third-order valence-electron chi connectivity index (χ3n) is 4.74. The molecule has 0 spiro atoms. The third-order valence-corrected chi connectivity index (χ3v) is 4.74. The molecule has 0 radical (unpaired) electrons. The number of ether oxygens (including phenoxy) is 1. The highest BCUT2D eigenvalue weighted by Gasteiger charge is 2.26. The van der Waals surface area contributed by atoms with Crippen molar-refractivity contribution in [3.05, 3.63) is 71.5 Å². The smallest absolute Gasteiger partial charge is 0.145 e. The Morgan fingerprint density at radius 2 is 1.90 bits per heavy atom. The zero-order chi connectivity index (χ0) is 20.6. The van der Waals surface area contributed by atoms with Crippen molar-refractivity contribution >= 4 is 5.71 Å². The van der Waals surface area contributed by atoms with E-state index in [1.54, 1.807) is 12.1 Å². The standard InChI is InChI=1S/C23H29FN2O3/c1-17(2)28-16-20(27)14-26(13-19-10-6-7-11-22(19)24)15-21-12-23(25-29-21)18-8-4-3-5-9-18/h3-11,17,20-21,27H,12-16H2,1-2H3/t20-,21+/m1/s1. The Morgan fingerprint density at radius 1 is 1.17 bits per heavy atom. The molecule has 0 saturated carbocycles. The average Bonchev–Trinajstić information content (AvgIpc) is 3.17. The van der Waals surface area contributed by atoms with Gasteiger partial charge in [0, 0.05) is 31.6 Å². The molecular weight excluding hydrogens is 371 g/mol. The first-order chi connectivity index (χ1) is 14.0. The van der Waals surface area contributed by atoms with Gasteiger partial charge in [-0.3, -0.25) is 4.90 Å². The summed E-state index contributed by atoms with van der Waals surface area (Å²) in [4.78, 5) is 7.64. The molecule has 1 aliphatic heterocycles. The van der Waals surface area contributed by atoms with Crippen LogP contribution in [0.5, 0.6) is 0 Å². The number of aliphatic hydroxyl groups is 1. The molecule has 6 heteroatoms. The van der Waals surface area contributed by atoms with Crippen LogP contribution in [-0.2, 0) is 16.1 Å². The van der Waals surface area contributed by atoms with Crippen LogP contribution in [-0.4, -0.2) is 53.7 Å². The van der Waals surface area contributed by atoms with Crippen LogP contribution in [0.4, 0.5) is 4.39 Å². The second kappa shape index (κ2) is 10.5. The van der Waals surface area contributed by atoms with E-state index >= 15 is 0 Å². The van der Waals surface area contributed by atoms with Crippen LogP contribution in [0.25, 0.3) is 0 Å². The van der Waals surface area contributed by atoms with Crippen molar-refractivity contribution in [3.63, 3.8) is 0 Å². The van der Waals surface area contributed by atoms with Crippen molar-refractivity contribution in [2.24, 2.45) is 5.16 Å². The fourth-order valence-corrected chi connectivity index (χ4v) is 3.34. The van der Waals surface area contributed by atoms with Gasteiger partial charge in [-0.2, -0.15) is 0 Å². The molecule has 2 aromatic carbocycles. The first-order valence-corrected chi connectivity index (χ1v) is 10.0. The lowest BCUT2D eigenvalue weighted by atomic mass is 10.0. The lowest BCUT2D eigenvalue weighted by Gasteiger charge is -2.27. The summed E-state index contributed by atoms with van der Waals surface area (Å²) in [6.07, 6.45) is -0.0870. The zero-order valence-corrected chi connectivity index (χ0v) is 17.0. The normalized spacial score (nSPS) is 17.4. The Hall–Kier alpha value is -2.28. The molecule has 0 unspecified atom stereocenters. The summed E-state index contributed by atoms with van der Waals surface area (Å²) < 4.78 is 19.7. The number of oxime groups is 1. The van der Waals surface area contributed by atoms with E-state index in [0.29, 0.717) is 31.6 Å². The van der Waals surface area contributed by atoms with Crippen LogP contribution in [0.15, 0.2) is 59.8 Å². The zero-order valence-electron chi connectivity index (χ0n) is 17.0. The molecule has 5 nitrogen and oxygen atoms in total. The van der Waals surface area contributed by atoms with E-state index in [1.807, 2.05) is 55.1 Å². The molecule has 2 atom stereocenters. The molecule has 1 N–H and O–H groups in total. The molecule has 0 aromatic heterocycles. The highest BCUT2D eigenvalue weighted by molar-refractivity contribution is 6.01. The van der Waals surface area contributed by atoms with Gasteiger partial charge in [0.05, 0.1) is 24.5 Å². The Kier molecular flexibility index (Phi) is 7.75. The van der Waals surface area contributed by atoms with E-state index in [-0.39, 0.29) is 24.6 Å². The summed E-state index contributed by atoms with van der Waals surface area (Å²) in [6.45, 7) is 5.38. The van der Waals surface area contributed by atoms with Crippen molar-refractivity contribution < 1.29 is 19.1 Å². The fourth-order valence-electron chi connectivity index (χ4n) is 3.34. The predicted octanol–water partition coefficient (Wildman–Crippen LogP) is 3.61. The van der Waals surface area contributed by atoms with Crippen molar-refractivity contribution in [2.45, 2.75) is 45.1 Å². The SMILES string of the molecule is CC(C)OC[C@H](O)CN(Cc1ccccc1F)C[C@@H]1CC(c2ccccc2)=NO1. The minimum Gasteiger partial charge on any atom is -0.390 e. The number of hydrogen-bond acceptors (Lipinski definition) is 5. The lowest BCUT2D eigenvalue weighted by Crippen LogP contribution is -2.39. The first kappa shape index (κ1) is 21.4. The molecule has 0 amide bonds. The van der Waals surface area contributed by atoms with E-state index in [9.17, 15) is 9.50 Å². The van der Waals surface area contributed by atoms with Crippen LogP contribution in [0.2, 0.25) is 0 Å². The quantitative estimate of drug-likeness (QED) is 0.662. The van der Waals surface area contributed by atoms with E-state index in [0.717, 1.165) is 11.3 Å². The Bertz CT molecular complexity index is 798. The van der Waals surface area contributed by atoms with Gasteiger partial charge in [0.25, 0.3) is 0 Å². The molecule has 0 aliphatic carbocycles. The Labute approximate surface area is 171 Å². The lowest BCUT2D eigenvalue weighted by molar-refractivity contribution is -0.0196. The molecule has 0 saturated heterocycles. The summed E-state index contributed by atoms with van der Waals surface area (Å²) in [5, 5.41) is 14.6. The van der Waals surface area contributed by atoms with Crippen molar-refractivity contribution in [1.82, 2.24) is 4.90 Å². The van der Waals surface area contributed by atoms with Gasteiger partial charge in [0.1, 0.15) is 11.9 Å². The fraction of sp³-hybridized carbons (Fsp3) is 0.435. The van der Waals surface area contributed by atoms with Crippen LogP contribution >= 0.6 is 0 Å². The molecular formula is C23H29FN2O3. The minimum absolute atomic E-state index is 0.0460. The molecule has 29 heavy (non-hydrogen) atoms. The average molecular weight is 400 g/mol. The minimum atomic E-state index is -0.667. The third kappa shape index (κ3) is 6.63. The number of nitrogens with zero attached hydrogens (tertiary/aromatic N) is 2. The summed E-state index contributed by atoms with van der Waals surface area (Å²) in [5.41, 5.74) is 2.54. The summed E-state index contributed by atoms with van der Waals surface area (Å²) in [6, 6.07) is 16.6. The van der Waals surface area contributed by atoms with Crippen molar-refractivity contribution in [1.29, 1.82) is 0 Å². The molecule has 1 aliphatic rings. The first-order valence-electron chi connectivity index (χ1n) is 10.0. The van der Waals surface area contributed by atoms with Gasteiger partial charge >= 0.3 is 0 Å². The number of benzene rings is 2. The molecule has 1 heterocycles. The molecule has 3 rings (SSSR count).